The molecule has 3 N–H and O–H groups in total. The van der Waals surface area contributed by atoms with Crippen LogP contribution in [0.25, 0.3) is 0 Å². The number of anilines is 1. The average molecular weight is 358 g/mol. The SMILES string of the molecule is CC(Cn1ccnc1)NC(=O)C1=NN(c2ccc(F)cc2)C(C(N)=O)C1. The molecule has 1 aliphatic heterocycles. The minimum Gasteiger partial charge on any atom is -0.368 e. The number of aromatic nitrogens is 2. The molecule has 0 bridgehead atoms. The van der Waals surface area contributed by atoms with Gasteiger partial charge in [0.25, 0.3) is 5.91 Å². The van der Waals surface area contributed by atoms with Crippen molar-refractivity contribution in [3.8, 4) is 0 Å². The number of halogens is 1. The maximum atomic E-state index is 13.1. The van der Waals surface area contributed by atoms with Crippen LogP contribution in [0.4, 0.5) is 10.1 Å². The lowest BCUT2D eigenvalue weighted by molar-refractivity contribution is -0.119. The molecule has 9 heteroatoms. The van der Waals surface area contributed by atoms with Gasteiger partial charge in [-0.05, 0) is 31.2 Å². The largest absolute Gasteiger partial charge is 0.368 e. The molecule has 8 nitrogen and oxygen atoms in total. The first kappa shape index (κ1) is 17.6. The highest BCUT2D eigenvalue weighted by molar-refractivity contribution is 6.40. The van der Waals surface area contributed by atoms with E-state index in [1.165, 1.54) is 29.3 Å². The van der Waals surface area contributed by atoms with E-state index in [0.29, 0.717) is 12.2 Å². The van der Waals surface area contributed by atoms with Crippen LogP contribution >= 0.6 is 0 Å². The van der Waals surface area contributed by atoms with E-state index in [1.807, 2.05) is 11.5 Å². The number of primary amides is 1. The lowest BCUT2D eigenvalue weighted by atomic mass is 10.1. The summed E-state index contributed by atoms with van der Waals surface area (Å²) in [6.07, 6.45) is 5.22. The molecule has 0 fully saturated rings. The molecular weight excluding hydrogens is 339 g/mol. The lowest BCUT2D eigenvalue weighted by Gasteiger charge is -2.20. The highest BCUT2D eigenvalue weighted by Crippen LogP contribution is 2.24. The molecule has 2 amide bonds. The minimum atomic E-state index is -0.787. The van der Waals surface area contributed by atoms with Crippen LogP contribution in [0, 0.1) is 5.82 Å². The number of nitrogens with one attached hydrogen (secondary N) is 1. The van der Waals surface area contributed by atoms with E-state index < -0.39 is 17.8 Å². The van der Waals surface area contributed by atoms with Crippen LogP contribution in [0.2, 0.25) is 0 Å². The number of imidazole rings is 1. The Morgan fingerprint density at radius 3 is 2.73 bits per heavy atom. The Morgan fingerprint density at radius 1 is 1.38 bits per heavy atom. The molecule has 2 aromatic rings. The Morgan fingerprint density at radius 2 is 2.12 bits per heavy atom. The number of rotatable bonds is 6. The van der Waals surface area contributed by atoms with Crippen molar-refractivity contribution in [3.05, 3.63) is 48.8 Å². The molecule has 0 spiro atoms. The quantitative estimate of drug-likeness (QED) is 0.791. The molecule has 2 atom stereocenters. The van der Waals surface area contributed by atoms with Gasteiger partial charge in [0.05, 0.1) is 12.0 Å². The second kappa shape index (κ2) is 7.34. The second-order valence-corrected chi connectivity index (χ2v) is 6.12. The molecular formula is C17H19FN6O2. The topological polar surface area (TPSA) is 106 Å². The smallest absolute Gasteiger partial charge is 0.267 e. The summed E-state index contributed by atoms with van der Waals surface area (Å²) in [5, 5.41) is 8.44. The van der Waals surface area contributed by atoms with E-state index in [2.05, 4.69) is 15.4 Å². The summed E-state index contributed by atoms with van der Waals surface area (Å²) in [4.78, 5) is 28.2. The third-order valence-corrected chi connectivity index (χ3v) is 4.01. The highest BCUT2D eigenvalue weighted by atomic mass is 19.1. The number of hydrogen-bond donors (Lipinski definition) is 2. The van der Waals surface area contributed by atoms with Crippen molar-refractivity contribution in [2.75, 3.05) is 5.01 Å². The highest BCUT2D eigenvalue weighted by Gasteiger charge is 2.35. The molecule has 0 saturated carbocycles. The predicted octanol–water partition coefficient (Wildman–Crippen LogP) is 0.647. The van der Waals surface area contributed by atoms with Crippen molar-refractivity contribution in [3.63, 3.8) is 0 Å². The van der Waals surface area contributed by atoms with Gasteiger partial charge in [0.1, 0.15) is 17.6 Å². The van der Waals surface area contributed by atoms with Crippen molar-refractivity contribution in [2.45, 2.75) is 32.0 Å². The van der Waals surface area contributed by atoms with Gasteiger partial charge in [-0.1, -0.05) is 0 Å². The Hall–Kier alpha value is -3.23. The fourth-order valence-electron chi connectivity index (χ4n) is 2.76. The summed E-state index contributed by atoms with van der Waals surface area (Å²) in [7, 11) is 0. The van der Waals surface area contributed by atoms with Crippen molar-refractivity contribution >= 4 is 23.2 Å². The Kier molecular flexibility index (Phi) is 4.97. The van der Waals surface area contributed by atoms with Crippen LogP contribution in [0.1, 0.15) is 13.3 Å². The maximum Gasteiger partial charge on any atom is 0.267 e. The Bertz CT molecular complexity index is 818. The van der Waals surface area contributed by atoms with Crippen LogP contribution in [0.3, 0.4) is 0 Å². The summed E-state index contributed by atoms with van der Waals surface area (Å²) in [5.41, 5.74) is 6.13. The van der Waals surface area contributed by atoms with E-state index >= 15 is 0 Å². The van der Waals surface area contributed by atoms with Gasteiger partial charge in [-0.15, -0.1) is 0 Å². The number of benzene rings is 1. The van der Waals surface area contributed by atoms with Crippen LogP contribution in [-0.2, 0) is 16.1 Å². The third kappa shape index (κ3) is 3.88. The van der Waals surface area contributed by atoms with E-state index in [-0.39, 0.29) is 24.1 Å². The fraction of sp³-hybridized carbons (Fsp3) is 0.294. The Labute approximate surface area is 149 Å². The summed E-state index contributed by atoms with van der Waals surface area (Å²) < 4.78 is 15.0. The van der Waals surface area contributed by atoms with Crippen LogP contribution in [-0.4, -0.2) is 39.2 Å². The molecule has 136 valence electrons. The van der Waals surface area contributed by atoms with Crippen LogP contribution < -0.4 is 16.1 Å². The third-order valence-electron chi connectivity index (χ3n) is 4.01. The average Bonchev–Trinajstić information content (AvgIpc) is 3.25. The standard InChI is InChI=1S/C17H19FN6O2/c1-11(9-23-7-6-20-10-23)21-17(26)14-8-15(16(19)25)24(22-14)13-4-2-12(18)3-5-13/h2-7,10-11,15H,8-9H2,1H3,(H2,19,25)(H,21,26). The van der Waals surface area contributed by atoms with Crippen molar-refractivity contribution in [1.29, 1.82) is 0 Å². The number of amides is 2. The minimum absolute atomic E-state index is 0.0936. The number of hydrogen-bond acceptors (Lipinski definition) is 5. The summed E-state index contributed by atoms with van der Waals surface area (Å²) in [6.45, 7) is 2.41. The van der Waals surface area contributed by atoms with Gasteiger partial charge >= 0.3 is 0 Å². The number of nitrogens with two attached hydrogens (primary N) is 1. The molecule has 0 radical (unpaired) electrons. The summed E-state index contributed by atoms with van der Waals surface area (Å²) in [5.74, 6) is -1.38. The van der Waals surface area contributed by atoms with Gasteiger partial charge in [-0.25, -0.2) is 9.37 Å². The second-order valence-electron chi connectivity index (χ2n) is 6.12. The number of carbonyl (C=O) groups excluding carboxylic acids is 2. The zero-order valence-corrected chi connectivity index (χ0v) is 14.2. The molecule has 2 heterocycles. The normalized spacial score (nSPS) is 17.7. The lowest BCUT2D eigenvalue weighted by Crippen LogP contribution is -2.41. The van der Waals surface area contributed by atoms with E-state index in [1.54, 1.807) is 18.7 Å². The number of nitrogens with zero attached hydrogens (tertiary/aromatic N) is 4. The van der Waals surface area contributed by atoms with Gasteiger partial charge < -0.3 is 15.6 Å². The first-order valence-electron chi connectivity index (χ1n) is 8.12. The molecule has 26 heavy (non-hydrogen) atoms. The molecule has 1 aromatic carbocycles. The number of carbonyl (C=O) groups is 2. The van der Waals surface area contributed by atoms with Gasteiger partial charge in [-0.2, -0.15) is 5.10 Å². The number of hydrazone groups is 1. The molecule has 3 rings (SSSR count). The molecule has 0 aliphatic carbocycles. The maximum absolute atomic E-state index is 13.1. The molecule has 2 unspecified atom stereocenters. The van der Waals surface area contributed by atoms with Crippen molar-refractivity contribution in [1.82, 2.24) is 14.9 Å². The van der Waals surface area contributed by atoms with Gasteiger partial charge in [0, 0.05) is 31.4 Å². The van der Waals surface area contributed by atoms with Gasteiger partial charge in [-0.3, -0.25) is 14.6 Å². The van der Waals surface area contributed by atoms with Gasteiger partial charge in [0.2, 0.25) is 5.91 Å². The van der Waals surface area contributed by atoms with E-state index in [0.717, 1.165) is 0 Å². The monoisotopic (exact) mass is 358 g/mol. The predicted molar refractivity (Wildman–Crippen MR) is 93.7 cm³/mol. The Balaban J connectivity index is 1.72. The fourth-order valence-corrected chi connectivity index (χ4v) is 2.76. The van der Waals surface area contributed by atoms with E-state index in [4.69, 9.17) is 5.73 Å². The zero-order chi connectivity index (χ0) is 18.7. The summed E-state index contributed by atoms with van der Waals surface area (Å²) in [6, 6.07) is 4.54. The summed E-state index contributed by atoms with van der Waals surface area (Å²) >= 11 is 0. The molecule has 1 aromatic heterocycles. The van der Waals surface area contributed by atoms with Gasteiger partial charge in [0.15, 0.2) is 0 Å². The zero-order valence-electron chi connectivity index (χ0n) is 14.2. The van der Waals surface area contributed by atoms with Crippen LogP contribution in [0.5, 0.6) is 0 Å². The first-order chi connectivity index (χ1) is 12.4. The van der Waals surface area contributed by atoms with E-state index in [9.17, 15) is 14.0 Å². The first-order valence-corrected chi connectivity index (χ1v) is 8.12. The van der Waals surface area contributed by atoms with Crippen molar-refractivity contribution in [2.24, 2.45) is 10.8 Å². The van der Waals surface area contributed by atoms with Crippen molar-refractivity contribution < 1.29 is 14.0 Å². The van der Waals surface area contributed by atoms with Crippen LogP contribution in [0.15, 0.2) is 48.1 Å². The molecule has 1 aliphatic rings. The molecule has 0 saturated heterocycles.